The van der Waals surface area contributed by atoms with Gasteiger partial charge in [-0.15, -0.1) is 0 Å². The van der Waals surface area contributed by atoms with Crippen molar-refractivity contribution in [3.05, 3.63) is 71.6 Å². The predicted molar refractivity (Wildman–Crippen MR) is 103 cm³/mol. The van der Waals surface area contributed by atoms with E-state index in [0.717, 1.165) is 5.76 Å². The highest BCUT2D eigenvalue weighted by Gasteiger charge is 2.16. The number of carbonyl (C=O) groups excluding carboxylic acids is 2. The highest BCUT2D eigenvalue weighted by molar-refractivity contribution is 6.07. The standard InChI is InChI=1S/C20H20N4O4/c1-3-27-20(26)15-8-4-5-9-16(15)24-19(25)17-11-18(23-13(2)22-17)21-12-14-7-6-10-28-14/h4-11H,3,12H2,1-2H3,(H,24,25)(H,21,22,23). The second-order valence-corrected chi connectivity index (χ2v) is 5.84. The third-order valence-corrected chi connectivity index (χ3v) is 3.77. The monoisotopic (exact) mass is 380 g/mol. The van der Waals surface area contributed by atoms with Gasteiger partial charge in [0, 0.05) is 6.07 Å². The van der Waals surface area contributed by atoms with Crippen molar-refractivity contribution >= 4 is 23.4 Å². The molecule has 2 N–H and O–H groups in total. The number of rotatable bonds is 7. The van der Waals surface area contributed by atoms with Crippen LogP contribution in [0.4, 0.5) is 11.5 Å². The average Bonchev–Trinajstić information content (AvgIpc) is 3.20. The van der Waals surface area contributed by atoms with Crippen LogP contribution in [0.25, 0.3) is 0 Å². The van der Waals surface area contributed by atoms with Gasteiger partial charge in [0.1, 0.15) is 23.1 Å². The number of aryl methyl sites for hydroxylation is 1. The molecule has 0 fully saturated rings. The van der Waals surface area contributed by atoms with Gasteiger partial charge in [0.2, 0.25) is 0 Å². The number of carbonyl (C=O) groups is 2. The molecule has 3 aromatic rings. The lowest BCUT2D eigenvalue weighted by Gasteiger charge is -2.11. The van der Waals surface area contributed by atoms with Crippen molar-refractivity contribution in [2.24, 2.45) is 0 Å². The molecule has 3 rings (SSSR count). The van der Waals surface area contributed by atoms with E-state index >= 15 is 0 Å². The Morgan fingerprint density at radius 1 is 1.14 bits per heavy atom. The number of hydrogen-bond acceptors (Lipinski definition) is 7. The quantitative estimate of drug-likeness (QED) is 0.605. The van der Waals surface area contributed by atoms with Crippen molar-refractivity contribution in [1.82, 2.24) is 9.97 Å². The smallest absolute Gasteiger partial charge is 0.340 e. The Labute approximate surface area is 162 Å². The summed E-state index contributed by atoms with van der Waals surface area (Å²) < 4.78 is 10.3. The summed E-state index contributed by atoms with van der Waals surface area (Å²) in [6.07, 6.45) is 1.59. The van der Waals surface area contributed by atoms with Crippen molar-refractivity contribution in [3.63, 3.8) is 0 Å². The first-order valence-corrected chi connectivity index (χ1v) is 8.76. The highest BCUT2D eigenvalue weighted by atomic mass is 16.5. The van der Waals surface area contributed by atoms with Gasteiger partial charge in [0.05, 0.1) is 30.7 Å². The number of aromatic nitrogens is 2. The number of furan rings is 1. The summed E-state index contributed by atoms with van der Waals surface area (Å²) in [6, 6.07) is 11.8. The Morgan fingerprint density at radius 3 is 2.71 bits per heavy atom. The topological polar surface area (TPSA) is 106 Å². The lowest BCUT2D eigenvalue weighted by atomic mass is 10.1. The number of benzene rings is 1. The number of nitrogens with zero attached hydrogens (tertiary/aromatic N) is 2. The Kier molecular flexibility index (Phi) is 6.01. The number of para-hydroxylation sites is 1. The first-order chi connectivity index (χ1) is 13.6. The summed E-state index contributed by atoms with van der Waals surface area (Å²) in [4.78, 5) is 33.2. The van der Waals surface area contributed by atoms with E-state index in [1.54, 1.807) is 50.4 Å². The molecule has 0 aliphatic rings. The summed E-state index contributed by atoms with van der Waals surface area (Å²) in [5, 5.41) is 5.81. The zero-order chi connectivity index (χ0) is 19.9. The van der Waals surface area contributed by atoms with E-state index in [2.05, 4.69) is 20.6 Å². The highest BCUT2D eigenvalue weighted by Crippen LogP contribution is 2.18. The van der Waals surface area contributed by atoms with E-state index in [0.29, 0.717) is 23.9 Å². The predicted octanol–water partition coefficient (Wildman–Crippen LogP) is 3.42. The molecule has 8 heteroatoms. The molecule has 2 heterocycles. The molecule has 28 heavy (non-hydrogen) atoms. The van der Waals surface area contributed by atoms with Crippen molar-refractivity contribution in [1.29, 1.82) is 0 Å². The minimum atomic E-state index is -0.502. The normalized spacial score (nSPS) is 10.4. The molecule has 0 saturated carbocycles. The number of nitrogens with one attached hydrogen (secondary N) is 2. The number of amides is 1. The summed E-state index contributed by atoms with van der Waals surface area (Å²) in [7, 11) is 0. The van der Waals surface area contributed by atoms with E-state index in [-0.39, 0.29) is 17.9 Å². The Hall–Kier alpha value is -3.68. The fourth-order valence-electron chi connectivity index (χ4n) is 2.53. The molecule has 2 aromatic heterocycles. The molecular weight excluding hydrogens is 360 g/mol. The summed E-state index contributed by atoms with van der Waals surface area (Å²) in [6.45, 7) is 4.09. The van der Waals surface area contributed by atoms with Gasteiger partial charge in [-0.1, -0.05) is 12.1 Å². The molecule has 1 aromatic carbocycles. The van der Waals surface area contributed by atoms with Crippen LogP contribution in [0, 0.1) is 6.92 Å². The molecular formula is C20H20N4O4. The minimum absolute atomic E-state index is 0.174. The molecule has 0 radical (unpaired) electrons. The molecule has 8 nitrogen and oxygen atoms in total. The lowest BCUT2D eigenvalue weighted by Crippen LogP contribution is -2.18. The van der Waals surface area contributed by atoms with Crippen LogP contribution in [0.2, 0.25) is 0 Å². The average molecular weight is 380 g/mol. The van der Waals surface area contributed by atoms with E-state index in [4.69, 9.17) is 9.15 Å². The number of hydrogen-bond donors (Lipinski definition) is 2. The fourth-order valence-corrected chi connectivity index (χ4v) is 2.53. The van der Waals surface area contributed by atoms with Crippen LogP contribution in [0.5, 0.6) is 0 Å². The third-order valence-electron chi connectivity index (χ3n) is 3.77. The Balaban J connectivity index is 1.77. The summed E-state index contributed by atoms with van der Waals surface area (Å²) >= 11 is 0. The SMILES string of the molecule is CCOC(=O)c1ccccc1NC(=O)c1cc(NCc2ccco2)nc(C)n1. The Bertz CT molecular complexity index is 970. The molecule has 0 saturated heterocycles. The number of esters is 1. The molecule has 0 aliphatic heterocycles. The van der Waals surface area contributed by atoms with Gasteiger partial charge < -0.3 is 19.8 Å². The Morgan fingerprint density at radius 2 is 1.96 bits per heavy atom. The zero-order valence-corrected chi connectivity index (χ0v) is 15.6. The van der Waals surface area contributed by atoms with Crippen LogP contribution in [0.1, 0.15) is 39.4 Å². The van der Waals surface area contributed by atoms with Crippen LogP contribution in [0.3, 0.4) is 0 Å². The molecule has 0 spiro atoms. The molecule has 1 amide bonds. The van der Waals surface area contributed by atoms with E-state index in [9.17, 15) is 9.59 Å². The van der Waals surface area contributed by atoms with Gasteiger partial charge in [-0.3, -0.25) is 4.79 Å². The van der Waals surface area contributed by atoms with E-state index in [1.165, 1.54) is 6.07 Å². The minimum Gasteiger partial charge on any atom is -0.467 e. The van der Waals surface area contributed by atoms with Crippen LogP contribution >= 0.6 is 0 Å². The van der Waals surface area contributed by atoms with Gasteiger partial charge in [-0.25, -0.2) is 14.8 Å². The first kappa shape index (κ1) is 19.1. The second-order valence-electron chi connectivity index (χ2n) is 5.84. The van der Waals surface area contributed by atoms with Gasteiger partial charge in [-0.05, 0) is 38.1 Å². The van der Waals surface area contributed by atoms with Crippen molar-refractivity contribution in [2.45, 2.75) is 20.4 Å². The van der Waals surface area contributed by atoms with Crippen LogP contribution < -0.4 is 10.6 Å². The molecule has 0 aliphatic carbocycles. The van der Waals surface area contributed by atoms with Crippen LogP contribution in [0.15, 0.2) is 53.1 Å². The number of ether oxygens (including phenoxy) is 1. The lowest BCUT2D eigenvalue weighted by molar-refractivity contribution is 0.0527. The van der Waals surface area contributed by atoms with Gasteiger partial charge in [0.25, 0.3) is 5.91 Å². The summed E-state index contributed by atoms with van der Waals surface area (Å²) in [5.74, 6) is 0.716. The van der Waals surface area contributed by atoms with Gasteiger partial charge in [-0.2, -0.15) is 0 Å². The van der Waals surface area contributed by atoms with Crippen molar-refractivity contribution in [2.75, 3.05) is 17.2 Å². The molecule has 0 bridgehead atoms. The molecule has 0 unspecified atom stereocenters. The first-order valence-electron chi connectivity index (χ1n) is 8.76. The number of anilines is 2. The maximum atomic E-state index is 12.7. The molecule has 0 atom stereocenters. The largest absolute Gasteiger partial charge is 0.467 e. The van der Waals surface area contributed by atoms with Gasteiger partial charge in [0.15, 0.2) is 0 Å². The zero-order valence-electron chi connectivity index (χ0n) is 15.6. The van der Waals surface area contributed by atoms with Gasteiger partial charge >= 0.3 is 5.97 Å². The second kappa shape index (κ2) is 8.81. The van der Waals surface area contributed by atoms with E-state index in [1.807, 2.05) is 6.07 Å². The van der Waals surface area contributed by atoms with E-state index < -0.39 is 11.9 Å². The third kappa shape index (κ3) is 4.73. The molecule has 144 valence electrons. The fraction of sp³-hybridized carbons (Fsp3) is 0.200. The van der Waals surface area contributed by atoms with Crippen molar-refractivity contribution < 1.29 is 18.7 Å². The van der Waals surface area contributed by atoms with Crippen LogP contribution in [-0.4, -0.2) is 28.5 Å². The maximum Gasteiger partial charge on any atom is 0.340 e. The van der Waals surface area contributed by atoms with Crippen molar-refractivity contribution in [3.8, 4) is 0 Å². The summed E-state index contributed by atoms with van der Waals surface area (Å²) in [5.41, 5.74) is 0.806. The maximum absolute atomic E-state index is 12.7. The van der Waals surface area contributed by atoms with Crippen LogP contribution in [-0.2, 0) is 11.3 Å².